The highest BCUT2D eigenvalue weighted by Crippen LogP contribution is 2.31. The zero-order chi connectivity index (χ0) is 31.6. The van der Waals surface area contributed by atoms with Crippen molar-refractivity contribution in [3.63, 3.8) is 0 Å². The minimum Gasteiger partial charge on any atom is -0.359 e. The molecule has 1 fully saturated rings. The molecule has 0 aliphatic heterocycles. The molecule has 1 aliphatic carbocycles. The van der Waals surface area contributed by atoms with Crippen LogP contribution in [0.5, 0.6) is 0 Å². The minimum absolute atomic E-state index is 0.284. The van der Waals surface area contributed by atoms with Crippen molar-refractivity contribution in [3.05, 3.63) is 143 Å². The summed E-state index contributed by atoms with van der Waals surface area (Å²) in [5.41, 5.74) is 8.33. The molecular formula is C39H45FN4. The third-order valence-corrected chi connectivity index (χ3v) is 8.24. The second-order valence-corrected chi connectivity index (χ2v) is 11.4. The van der Waals surface area contributed by atoms with E-state index in [4.69, 9.17) is 0 Å². The first-order valence-corrected chi connectivity index (χ1v) is 15.4. The van der Waals surface area contributed by atoms with Crippen molar-refractivity contribution in [2.24, 2.45) is 5.92 Å². The maximum absolute atomic E-state index is 14.8. The summed E-state index contributed by atoms with van der Waals surface area (Å²) >= 11 is 0. The Bertz CT molecular complexity index is 1750. The van der Waals surface area contributed by atoms with Gasteiger partial charge < -0.3 is 10.3 Å². The lowest BCUT2D eigenvalue weighted by Gasteiger charge is -2.23. The molecule has 0 saturated heterocycles. The van der Waals surface area contributed by atoms with Crippen LogP contribution in [0.25, 0.3) is 29.1 Å². The van der Waals surface area contributed by atoms with Gasteiger partial charge in [-0.3, -0.25) is 5.10 Å². The molecule has 3 aromatic rings. The third-order valence-electron chi connectivity index (χ3n) is 8.24. The van der Waals surface area contributed by atoms with Gasteiger partial charge in [-0.15, -0.1) is 0 Å². The van der Waals surface area contributed by atoms with Crippen molar-refractivity contribution in [3.8, 4) is 11.4 Å². The van der Waals surface area contributed by atoms with E-state index in [0.717, 1.165) is 67.7 Å². The average Bonchev–Trinajstić information content (AvgIpc) is 3.61. The van der Waals surface area contributed by atoms with Gasteiger partial charge in [-0.2, -0.15) is 5.10 Å². The summed E-state index contributed by atoms with van der Waals surface area (Å²) in [7, 11) is 0. The zero-order valence-corrected chi connectivity index (χ0v) is 26.4. The molecule has 0 bridgehead atoms. The lowest BCUT2D eigenvalue weighted by Crippen LogP contribution is -2.23. The summed E-state index contributed by atoms with van der Waals surface area (Å²) in [4.78, 5) is 3.48. The van der Waals surface area contributed by atoms with Crippen molar-refractivity contribution >= 4 is 17.7 Å². The standard InChI is InChI=1S/C39H45FN4/c1-8-17-32(33-20-15-16-21-36(33)40)34-25-38(42-28(34)7)39-35(37(11-4)43-44-39)22-26(5)30(9-2)24-31(10-3)41-27(6)23-29-18-13-12-14-19-29/h8-11,15-17,20-22,24-25,29,41-43H,1,3,5-6,12-14,18-19,23H2,2,4,7H3/b30-9+,31-24+,32-17-,35-22+,37-11+. The van der Waals surface area contributed by atoms with Crippen LogP contribution in [0.3, 0.4) is 0 Å². The molecular weight excluding hydrogens is 543 g/mol. The van der Waals surface area contributed by atoms with Crippen LogP contribution in [0.15, 0.2) is 110 Å². The fourth-order valence-corrected chi connectivity index (χ4v) is 5.95. The number of allylic oxidation sites excluding steroid dienone is 8. The van der Waals surface area contributed by atoms with E-state index in [1.54, 1.807) is 18.2 Å². The highest BCUT2D eigenvalue weighted by atomic mass is 19.1. The molecule has 4 nitrogen and oxygen atoms in total. The van der Waals surface area contributed by atoms with Gasteiger partial charge in [0.25, 0.3) is 0 Å². The summed E-state index contributed by atoms with van der Waals surface area (Å²) in [6.45, 7) is 22.6. The van der Waals surface area contributed by atoms with Gasteiger partial charge in [0.05, 0.1) is 11.0 Å². The molecule has 2 aromatic heterocycles. The van der Waals surface area contributed by atoms with Crippen LogP contribution in [0, 0.1) is 18.7 Å². The number of aryl methyl sites for hydroxylation is 1. The van der Waals surface area contributed by atoms with Crippen LogP contribution in [0.1, 0.15) is 69.2 Å². The fourth-order valence-electron chi connectivity index (χ4n) is 5.95. The van der Waals surface area contributed by atoms with E-state index in [0.29, 0.717) is 11.5 Å². The van der Waals surface area contributed by atoms with Gasteiger partial charge in [0.15, 0.2) is 0 Å². The first-order valence-electron chi connectivity index (χ1n) is 15.4. The molecule has 2 heterocycles. The van der Waals surface area contributed by atoms with Gasteiger partial charge in [0, 0.05) is 33.4 Å². The van der Waals surface area contributed by atoms with Gasteiger partial charge in [-0.1, -0.05) is 101 Å². The molecule has 0 radical (unpaired) electrons. The number of aromatic amines is 2. The maximum Gasteiger partial charge on any atom is 0.131 e. The predicted octanol–water partition coefficient (Wildman–Crippen LogP) is 8.70. The van der Waals surface area contributed by atoms with E-state index < -0.39 is 0 Å². The number of benzene rings is 1. The second-order valence-electron chi connectivity index (χ2n) is 11.4. The first kappa shape index (κ1) is 32.3. The van der Waals surface area contributed by atoms with Crippen molar-refractivity contribution in [2.75, 3.05) is 0 Å². The smallest absolute Gasteiger partial charge is 0.131 e. The zero-order valence-electron chi connectivity index (χ0n) is 26.4. The van der Waals surface area contributed by atoms with Crippen LogP contribution in [-0.2, 0) is 0 Å². The lowest BCUT2D eigenvalue weighted by atomic mass is 9.86. The fraction of sp³-hybridized carbons (Fsp3) is 0.256. The number of aromatic nitrogens is 3. The van der Waals surface area contributed by atoms with Crippen LogP contribution >= 0.6 is 0 Å². The number of rotatable bonds is 12. The molecule has 1 aromatic carbocycles. The lowest BCUT2D eigenvalue weighted by molar-refractivity contribution is 0.353. The number of nitrogens with one attached hydrogen (secondary N) is 3. The summed E-state index contributed by atoms with van der Waals surface area (Å²) < 4.78 is 14.8. The van der Waals surface area contributed by atoms with Crippen molar-refractivity contribution < 1.29 is 4.39 Å². The summed E-state index contributed by atoms with van der Waals surface area (Å²) in [5.74, 6) is 0.420. The number of hydrogen-bond donors (Lipinski definition) is 3. The third kappa shape index (κ3) is 7.65. The van der Waals surface area contributed by atoms with E-state index in [1.165, 1.54) is 38.2 Å². The number of nitrogens with zero attached hydrogens (tertiary/aromatic N) is 1. The number of hydrogen-bond acceptors (Lipinski definition) is 2. The largest absolute Gasteiger partial charge is 0.359 e. The molecule has 1 saturated carbocycles. The molecule has 0 atom stereocenters. The Kier molecular flexibility index (Phi) is 11.1. The Morgan fingerprint density at radius 1 is 1.09 bits per heavy atom. The highest BCUT2D eigenvalue weighted by Gasteiger charge is 2.17. The van der Waals surface area contributed by atoms with Gasteiger partial charge in [-0.25, -0.2) is 4.39 Å². The van der Waals surface area contributed by atoms with Gasteiger partial charge in [0.2, 0.25) is 0 Å². The summed E-state index contributed by atoms with van der Waals surface area (Å²) in [5, 5.41) is 13.1. The minimum atomic E-state index is -0.284. The Balaban J connectivity index is 1.66. The summed E-state index contributed by atoms with van der Waals surface area (Å²) in [6.07, 6.45) is 21.0. The molecule has 0 amide bonds. The van der Waals surface area contributed by atoms with E-state index >= 15 is 0 Å². The van der Waals surface area contributed by atoms with Crippen LogP contribution in [-0.4, -0.2) is 15.2 Å². The molecule has 4 rings (SSSR count). The predicted molar refractivity (Wildman–Crippen MR) is 185 cm³/mol. The topological polar surface area (TPSA) is 56.5 Å². The summed E-state index contributed by atoms with van der Waals surface area (Å²) in [6, 6.07) is 8.79. The van der Waals surface area contributed by atoms with Crippen molar-refractivity contribution in [1.29, 1.82) is 0 Å². The quantitative estimate of drug-likeness (QED) is 0.185. The maximum atomic E-state index is 14.8. The van der Waals surface area contributed by atoms with Gasteiger partial charge in [-0.05, 0) is 80.2 Å². The van der Waals surface area contributed by atoms with Crippen LogP contribution in [0.2, 0.25) is 0 Å². The molecule has 0 spiro atoms. The number of H-pyrrole nitrogens is 2. The number of halogens is 1. The normalized spacial score (nSPS) is 15.9. The van der Waals surface area contributed by atoms with E-state index in [2.05, 4.69) is 52.9 Å². The molecule has 3 N–H and O–H groups in total. The Morgan fingerprint density at radius 2 is 1.84 bits per heavy atom. The monoisotopic (exact) mass is 588 g/mol. The molecule has 5 heteroatoms. The van der Waals surface area contributed by atoms with Crippen LogP contribution < -0.4 is 15.9 Å². The van der Waals surface area contributed by atoms with Gasteiger partial charge in [0.1, 0.15) is 11.5 Å². The van der Waals surface area contributed by atoms with Crippen molar-refractivity contribution in [2.45, 2.75) is 59.3 Å². The Morgan fingerprint density at radius 3 is 2.50 bits per heavy atom. The SMILES string of the molecule is C=C/C=C(/c1ccccc1F)c1cc(-c2n[nH]c(=C/C)/c2=C\C(=C)C(/C=C(\C=C)NC(=C)CC2CCCCC2)=C/C)[nH]c1C. The second kappa shape index (κ2) is 15.2. The highest BCUT2D eigenvalue weighted by molar-refractivity contribution is 5.84. The van der Waals surface area contributed by atoms with Crippen LogP contribution in [0.4, 0.5) is 4.39 Å². The Labute approximate surface area is 261 Å². The average molecular weight is 589 g/mol. The van der Waals surface area contributed by atoms with E-state index in [9.17, 15) is 4.39 Å². The van der Waals surface area contributed by atoms with Gasteiger partial charge >= 0.3 is 0 Å². The van der Waals surface area contributed by atoms with E-state index in [1.807, 2.05) is 63.3 Å². The first-order chi connectivity index (χ1) is 21.3. The van der Waals surface area contributed by atoms with E-state index in [-0.39, 0.29) is 5.82 Å². The molecule has 0 unspecified atom stereocenters. The molecule has 1 aliphatic rings. The molecule has 44 heavy (non-hydrogen) atoms. The Hall–Kier alpha value is -4.64. The van der Waals surface area contributed by atoms with Crippen molar-refractivity contribution in [1.82, 2.24) is 20.5 Å². The molecule has 228 valence electrons.